The van der Waals surface area contributed by atoms with Crippen molar-refractivity contribution in [2.24, 2.45) is 11.8 Å². The smallest absolute Gasteiger partial charge is 0.239 e. The highest BCUT2D eigenvalue weighted by Gasteiger charge is 2.67. The molecule has 4 heteroatoms. The molecule has 3 aliphatic carbocycles. The van der Waals surface area contributed by atoms with Crippen LogP contribution in [0.15, 0.2) is 72.8 Å². The highest BCUT2D eigenvalue weighted by atomic mass is 16.5. The van der Waals surface area contributed by atoms with Crippen molar-refractivity contribution >= 4 is 17.5 Å². The van der Waals surface area contributed by atoms with Crippen LogP contribution >= 0.6 is 0 Å². The van der Waals surface area contributed by atoms with E-state index in [9.17, 15) is 9.59 Å². The molecule has 0 spiro atoms. The Morgan fingerprint density at radius 1 is 0.812 bits per heavy atom. The molecule has 4 nitrogen and oxygen atoms in total. The molecule has 2 amide bonds. The molecule has 160 valence electrons. The SMILES string of the molecule is CCOc1ccccc1N1C(=O)[C@H]2C3c4ccccc4C(CC)(c4ccccc43)[C@H]2C1=O. The summed E-state index contributed by atoms with van der Waals surface area (Å²) >= 11 is 0. The van der Waals surface area contributed by atoms with Crippen LogP contribution in [0.3, 0.4) is 0 Å². The lowest BCUT2D eigenvalue weighted by molar-refractivity contribution is -0.123. The summed E-state index contributed by atoms with van der Waals surface area (Å²) in [5.41, 5.74) is 4.83. The van der Waals surface area contributed by atoms with Gasteiger partial charge in [0.1, 0.15) is 5.75 Å². The van der Waals surface area contributed by atoms with Gasteiger partial charge in [-0.1, -0.05) is 67.6 Å². The summed E-state index contributed by atoms with van der Waals surface area (Å²) in [6.07, 6.45) is 0.759. The molecule has 7 rings (SSSR count). The maximum atomic E-state index is 14.1. The largest absolute Gasteiger partial charge is 0.492 e. The van der Waals surface area contributed by atoms with Crippen molar-refractivity contribution in [1.29, 1.82) is 0 Å². The maximum absolute atomic E-state index is 14.1. The molecular formula is C28H25NO3. The van der Waals surface area contributed by atoms with Gasteiger partial charge in [0.25, 0.3) is 0 Å². The minimum absolute atomic E-state index is 0.108. The molecule has 3 aromatic carbocycles. The Morgan fingerprint density at radius 2 is 1.41 bits per heavy atom. The average Bonchev–Trinajstić information content (AvgIpc) is 3.10. The van der Waals surface area contributed by atoms with Gasteiger partial charge in [-0.15, -0.1) is 0 Å². The van der Waals surface area contributed by atoms with Crippen LogP contribution in [-0.2, 0) is 15.0 Å². The first-order valence-electron chi connectivity index (χ1n) is 11.4. The molecule has 0 saturated carbocycles. The van der Waals surface area contributed by atoms with Gasteiger partial charge in [-0.05, 0) is 47.7 Å². The first-order valence-corrected chi connectivity index (χ1v) is 11.4. The van der Waals surface area contributed by atoms with Gasteiger partial charge in [-0.2, -0.15) is 0 Å². The minimum Gasteiger partial charge on any atom is -0.492 e. The third kappa shape index (κ3) is 2.17. The maximum Gasteiger partial charge on any atom is 0.239 e. The van der Waals surface area contributed by atoms with Crippen LogP contribution in [0.5, 0.6) is 5.75 Å². The van der Waals surface area contributed by atoms with E-state index in [-0.39, 0.29) is 17.7 Å². The molecule has 0 unspecified atom stereocenters. The topological polar surface area (TPSA) is 46.6 Å². The second kappa shape index (κ2) is 6.80. The Balaban J connectivity index is 1.61. The number of rotatable bonds is 4. The van der Waals surface area contributed by atoms with E-state index in [0.29, 0.717) is 18.0 Å². The van der Waals surface area contributed by atoms with Crippen molar-refractivity contribution < 1.29 is 14.3 Å². The number of para-hydroxylation sites is 2. The summed E-state index contributed by atoms with van der Waals surface area (Å²) in [5, 5.41) is 0. The van der Waals surface area contributed by atoms with E-state index in [4.69, 9.17) is 4.74 Å². The summed E-state index contributed by atoms with van der Waals surface area (Å²) < 4.78 is 5.80. The molecule has 1 aliphatic heterocycles. The molecule has 1 heterocycles. The van der Waals surface area contributed by atoms with Gasteiger partial charge in [0.2, 0.25) is 11.8 Å². The molecule has 2 atom stereocenters. The first kappa shape index (κ1) is 19.3. The standard InChI is InChI=1S/C28H25NO3/c1-3-28-19-13-7-5-11-17(19)23(18-12-6-8-14-20(18)28)24-25(28)27(31)29(26(24)30)21-15-9-10-16-22(21)32-4-2/h5-16,23-25H,3-4H2,1-2H3/t23?,24-,25+,28?/m0/s1. The molecule has 4 aliphatic rings. The zero-order valence-corrected chi connectivity index (χ0v) is 18.2. The van der Waals surface area contributed by atoms with Crippen LogP contribution in [0.2, 0.25) is 0 Å². The van der Waals surface area contributed by atoms with E-state index in [1.165, 1.54) is 27.2 Å². The third-order valence-electron chi connectivity index (χ3n) is 7.76. The highest BCUT2D eigenvalue weighted by Crippen LogP contribution is 2.65. The number of benzene rings is 3. The van der Waals surface area contributed by atoms with Crippen LogP contribution in [0.4, 0.5) is 5.69 Å². The molecule has 1 saturated heterocycles. The van der Waals surface area contributed by atoms with Gasteiger partial charge >= 0.3 is 0 Å². The van der Waals surface area contributed by atoms with Crippen molar-refractivity contribution in [3.8, 4) is 5.75 Å². The number of carbonyl (C=O) groups is 2. The quantitative estimate of drug-likeness (QED) is 0.552. The second-order valence-corrected chi connectivity index (χ2v) is 8.89. The third-order valence-corrected chi connectivity index (χ3v) is 7.76. The predicted molar refractivity (Wildman–Crippen MR) is 123 cm³/mol. The number of carbonyl (C=O) groups excluding carboxylic acids is 2. The summed E-state index contributed by atoms with van der Waals surface area (Å²) in [6.45, 7) is 4.52. The van der Waals surface area contributed by atoms with Gasteiger partial charge in [-0.25, -0.2) is 4.90 Å². The molecule has 3 aromatic rings. The molecule has 0 N–H and O–H groups in total. The lowest BCUT2D eigenvalue weighted by Crippen LogP contribution is -2.53. The van der Waals surface area contributed by atoms with E-state index in [1.54, 1.807) is 0 Å². The first-order chi connectivity index (χ1) is 15.6. The van der Waals surface area contributed by atoms with Crippen molar-refractivity contribution in [2.45, 2.75) is 31.6 Å². The number of hydrogen-bond acceptors (Lipinski definition) is 3. The van der Waals surface area contributed by atoms with Crippen molar-refractivity contribution in [2.75, 3.05) is 11.5 Å². The molecule has 2 bridgehead atoms. The monoisotopic (exact) mass is 423 g/mol. The van der Waals surface area contributed by atoms with E-state index in [0.717, 1.165) is 6.42 Å². The van der Waals surface area contributed by atoms with Gasteiger partial charge in [-0.3, -0.25) is 9.59 Å². The number of imide groups is 1. The zero-order chi connectivity index (χ0) is 22.0. The Morgan fingerprint density at radius 3 is 2.03 bits per heavy atom. The lowest BCUT2D eigenvalue weighted by Gasteiger charge is -2.54. The normalized spacial score (nSPS) is 27.2. The fourth-order valence-corrected chi connectivity index (χ4v) is 6.69. The average molecular weight is 424 g/mol. The predicted octanol–water partition coefficient (Wildman–Crippen LogP) is 5.05. The van der Waals surface area contributed by atoms with Gasteiger partial charge in [0.05, 0.1) is 24.1 Å². The second-order valence-electron chi connectivity index (χ2n) is 8.89. The number of amides is 2. The molecule has 1 fully saturated rings. The lowest BCUT2D eigenvalue weighted by atomic mass is 9.46. The fourth-order valence-electron chi connectivity index (χ4n) is 6.69. The summed E-state index contributed by atoms with van der Waals surface area (Å²) in [5.74, 6) is -0.571. The Bertz CT molecular complexity index is 1220. The number of nitrogens with zero attached hydrogens (tertiary/aromatic N) is 1. The molecule has 0 radical (unpaired) electrons. The van der Waals surface area contributed by atoms with E-state index in [2.05, 4.69) is 43.3 Å². The molecule has 32 heavy (non-hydrogen) atoms. The van der Waals surface area contributed by atoms with Crippen molar-refractivity contribution in [1.82, 2.24) is 0 Å². The Kier molecular flexibility index (Phi) is 4.10. The zero-order valence-electron chi connectivity index (χ0n) is 18.2. The Hall–Kier alpha value is -3.40. The van der Waals surface area contributed by atoms with Crippen molar-refractivity contribution in [3.05, 3.63) is 95.1 Å². The Labute approximate surface area is 187 Å². The number of anilines is 1. The van der Waals surface area contributed by atoms with Crippen LogP contribution in [-0.4, -0.2) is 18.4 Å². The van der Waals surface area contributed by atoms with Crippen LogP contribution in [0.25, 0.3) is 0 Å². The van der Waals surface area contributed by atoms with Crippen molar-refractivity contribution in [3.63, 3.8) is 0 Å². The summed E-state index contributed by atoms with van der Waals surface area (Å²) in [7, 11) is 0. The van der Waals surface area contributed by atoms with Crippen LogP contribution in [0, 0.1) is 11.8 Å². The summed E-state index contributed by atoms with van der Waals surface area (Å²) in [6, 6.07) is 24.2. The number of hydrogen-bond donors (Lipinski definition) is 0. The highest BCUT2D eigenvalue weighted by molar-refractivity contribution is 6.24. The van der Waals surface area contributed by atoms with E-state index in [1.807, 2.05) is 43.3 Å². The van der Waals surface area contributed by atoms with E-state index >= 15 is 0 Å². The fraction of sp³-hybridized carbons (Fsp3) is 0.286. The minimum atomic E-state index is -0.505. The van der Waals surface area contributed by atoms with Crippen LogP contribution < -0.4 is 9.64 Å². The van der Waals surface area contributed by atoms with Gasteiger partial charge in [0, 0.05) is 11.3 Å². The van der Waals surface area contributed by atoms with Gasteiger partial charge < -0.3 is 4.74 Å². The van der Waals surface area contributed by atoms with Crippen LogP contribution in [0.1, 0.15) is 48.4 Å². The number of ether oxygens (including phenoxy) is 1. The van der Waals surface area contributed by atoms with Gasteiger partial charge in [0.15, 0.2) is 0 Å². The summed E-state index contributed by atoms with van der Waals surface area (Å²) in [4.78, 5) is 29.6. The van der Waals surface area contributed by atoms with E-state index < -0.39 is 17.3 Å². The molecule has 0 aromatic heterocycles. The molecular weight excluding hydrogens is 398 g/mol.